The fourth-order valence-corrected chi connectivity index (χ4v) is 3.38. The lowest BCUT2D eigenvalue weighted by molar-refractivity contribution is 0.590. The molecule has 0 bridgehead atoms. The van der Waals surface area contributed by atoms with E-state index in [1.165, 1.54) is 16.9 Å². The molecular weight excluding hydrogens is 342 g/mol. The number of fused-ring (bicyclic) bond motifs is 1. The van der Waals surface area contributed by atoms with Gasteiger partial charge in [0.1, 0.15) is 5.01 Å². The molecule has 0 fully saturated rings. The summed E-state index contributed by atoms with van der Waals surface area (Å²) in [6.07, 6.45) is 7.57. The molecule has 0 aliphatic carbocycles. The van der Waals surface area contributed by atoms with Crippen LogP contribution < -0.4 is 0 Å². The maximum absolute atomic E-state index is 4.62. The Morgan fingerprint density at radius 1 is 0.923 bits per heavy atom. The summed E-state index contributed by atoms with van der Waals surface area (Å²) < 4.78 is 1.78. The first-order valence-corrected chi connectivity index (χ1v) is 9.24. The van der Waals surface area contributed by atoms with Crippen molar-refractivity contribution in [3.63, 3.8) is 0 Å². The van der Waals surface area contributed by atoms with E-state index in [1.807, 2.05) is 18.2 Å². The molecule has 0 saturated heterocycles. The third-order valence-electron chi connectivity index (χ3n) is 4.14. The number of rotatable bonds is 3. The van der Waals surface area contributed by atoms with Crippen LogP contribution in [0.5, 0.6) is 0 Å². The third-order valence-corrected chi connectivity index (χ3v) is 5.00. The molecule has 6 heteroatoms. The van der Waals surface area contributed by atoms with Gasteiger partial charge >= 0.3 is 0 Å². The smallest absolute Gasteiger partial charge is 0.235 e. The fourth-order valence-electron chi connectivity index (χ4n) is 2.64. The van der Waals surface area contributed by atoms with Gasteiger partial charge in [-0.2, -0.15) is 9.61 Å². The van der Waals surface area contributed by atoms with E-state index < -0.39 is 0 Å². The number of hydrogen-bond acceptors (Lipinski definition) is 5. The molecule has 1 aromatic carbocycles. The molecule has 0 unspecified atom stereocenters. The zero-order valence-corrected chi connectivity index (χ0v) is 15.7. The summed E-state index contributed by atoms with van der Waals surface area (Å²) in [5.41, 5.74) is 3.60. The molecule has 0 radical (unpaired) electrons. The topological polar surface area (TPSA) is 56.0 Å². The Kier molecular flexibility index (Phi) is 4.12. The van der Waals surface area contributed by atoms with Crippen molar-refractivity contribution in [2.45, 2.75) is 26.2 Å². The van der Waals surface area contributed by atoms with E-state index in [4.69, 9.17) is 0 Å². The zero-order valence-electron chi connectivity index (χ0n) is 14.9. The van der Waals surface area contributed by atoms with Gasteiger partial charge in [0.25, 0.3) is 0 Å². The number of hydrogen-bond donors (Lipinski definition) is 0. The van der Waals surface area contributed by atoms with E-state index in [0.717, 1.165) is 26.9 Å². The molecule has 130 valence electrons. The van der Waals surface area contributed by atoms with Crippen LogP contribution in [-0.2, 0) is 5.41 Å². The summed E-state index contributed by atoms with van der Waals surface area (Å²) in [5, 5.41) is 14.0. The van der Waals surface area contributed by atoms with Crippen LogP contribution in [0.25, 0.3) is 28.5 Å². The molecule has 0 N–H and O–H groups in total. The Hall–Kier alpha value is -2.86. The minimum Gasteiger partial charge on any atom is -0.265 e. The van der Waals surface area contributed by atoms with Crippen LogP contribution >= 0.6 is 11.3 Å². The highest BCUT2D eigenvalue weighted by Gasteiger charge is 2.13. The van der Waals surface area contributed by atoms with Crippen LogP contribution in [0.15, 0.2) is 48.8 Å². The monoisotopic (exact) mass is 361 g/mol. The molecular formula is C20H19N5S. The SMILES string of the molecule is CC(C)(C)c1ccc(/C=C/c2nn3c(-c4ccncc4)nnc3s2)cc1. The van der Waals surface area contributed by atoms with Crippen LogP contribution in [0.1, 0.15) is 36.9 Å². The summed E-state index contributed by atoms with van der Waals surface area (Å²) in [7, 11) is 0. The normalized spacial score (nSPS) is 12.3. The molecule has 0 atom stereocenters. The highest BCUT2D eigenvalue weighted by Crippen LogP contribution is 2.24. The van der Waals surface area contributed by atoms with Crippen molar-refractivity contribution in [3.05, 3.63) is 64.9 Å². The summed E-state index contributed by atoms with van der Waals surface area (Å²) in [6.45, 7) is 6.66. The maximum atomic E-state index is 4.62. The molecule has 4 rings (SSSR count). The van der Waals surface area contributed by atoms with Crippen LogP contribution in [0.2, 0.25) is 0 Å². The van der Waals surface area contributed by atoms with Crippen molar-refractivity contribution in [1.82, 2.24) is 24.8 Å². The first-order chi connectivity index (χ1) is 12.5. The van der Waals surface area contributed by atoms with Gasteiger partial charge in [0.2, 0.25) is 4.96 Å². The Bertz CT molecular complexity index is 1050. The molecule has 0 aliphatic heterocycles. The number of nitrogens with zero attached hydrogens (tertiary/aromatic N) is 5. The van der Waals surface area contributed by atoms with E-state index >= 15 is 0 Å². The lowest BCUT2D eigenvalue weighted by atomic mass is 9.87. The molecule has 0 saturated carbocycles. The summed E-state index contributed by atoms with van der Waals surface area (Å²) in [5.74, 6) is 0.729. The quantitative estimate of drug-likeness (QED) is 0.530. The lowest BCUT2D eigenvalue weighted by Crippen LogP contribution is -2.10. The predicted octanol–water partition coefficient (Wildman–Crippen LogP) is 4.72. The van der Waals surface area contributed by atoms with E-state index in [1.54, 1.807) is 16.9 Å². The number of benzene rings is 1. The minimum absolute atomic E-state index is 0.166. The van der Waals surface area contributed by atoms with Gasteiger partial charge in [-0.3, -0.25) is 4.98 Å². The van der Waals surface area contributed by atoms with Crippen molar-refractivity contribution in [1.29, 1.82) is 0 Å². The van der Waals surface area contributed by atoms with Gasteiger partial charge in [-0.05, 0) is 34.8 Å². The van der Waals surface area contributed by atoms with Crippen molar-refractivity contribution in [2.24, 2.45) is 0 Å². The first-order valence-electron chi connectivity index (χ1n) is 8.42. The Balaban J connectivity index is 1.60. The van der Waals surface area contributed by atoms with Crippen LogP contribution in [-0.4, -0.2) is 24.8 Å². The van der Waals surface area contributed by atoms with Gasteiger partial charge in [0, 0.05) is 18.0 Å². The standard InChI is InChI=1S/C20H19N5S/c1-20(2,3)16-7-4-14(5-8-16)6-9-17-24-25-18(22-23-19(25)26-17)15-10-12-21-13-11-15/h4-13H,1-3H3/b9-6+. The summed E-state index contributed by atoms with van der Waals surface area (Å²) in [4.78, 5) is 4.82. The predicted molar refractivity (Wildman–Crippen MR) is 106 cm³/mol. The molecule has 0 amide bonds. The molecule has 3 aromatic heterocycles. The third kappa shape index (κ3) is 3.28. The summed E-state index contributed by atoms with van der Waals surface area (Å²) in [6, 6.07) is 12.4. The van der Waals surface area contributed by atoms with Crippen LogP contribution in [0, 0.1) is 0 Å². The largest absolute Gasteiger partial charge is 0.265 e. The van der Waals surface area contributed by atoms with Crippen molar-refractivity contribution in [3.8, 4) is 11.4 Å². The first kappa shape index (κ1) is 16.6. The zero-order chi connectivity index (χ0) is 18.1. The molecule has 26 heavy (non-hydrogen) atoms. The van der Waals surface area contributed by atoms with Gasteiger partial charge < -0.3 is 0 Å². The lowest BCUT2D eigenvalue weighted by Gasteiger charge is -2.18. The second-order valence-corrected chi connectivity index (χ2v) is 8.09. The molecule has 0 spiro atoms. The van der Waals surface area contributed by atoms with Gasteiger partial charge in [0.05, 0.1) is 0 Å². The highest BCUT2D eigenvalue weighted by molar-refractivity contribution is 7.17. The average molecular weight is 361 g/mol. The highest BCUT2D eigenvalue weighted by atomic mass is 32.1. The van der Waals surface area contributed by atoms with E-state index in [9.17, 15) is 0 Å². The molecule has 3 heterocycles. The van der Waals surface area contributed by atoms with Crippen LogP contribution in [0.4, 0.5) is 0 Å². The van der Waals surface area contributed by atoms with Gasteiger partial charge in [-0.25, -0.2) is 0 Å². The van der Waals surface area contributed by atoms with Crippen LogP contribution in [0.3, 0.4) is 0 Å². The second kappa shape index (κ2) is 6.46. The Morgan fingerprint density at radius 2 is 1.65 bits per heavy atom. The Labute approximate surface area is 156 Å². The number of aromatic nitrogens is 5. The van der Waals surface area contributed by atoms with Gasteiger partial charge in [0.15, 0.2) is 5.82 Å². The van der Waals surface area contributed by atoms with Gasteiger partial charge in [-0.15, -0.1) is 10.2 Å². The van der Waals surface area contributed by atoms with Crippen molar-refractivity contribution in [2.75, 3.05) is 0 Å². The average Bonchev–Trinajstić information content (AvgIpc) is 3.20. The van der Waals surface area contributed by atoms with Crippen molar-refractivity contribution < 1.29 is 0 Å². The molecule has 0 aliphatic rings. The van der Waals surface area contributed by atoms with Crippen molar-refractivity contribution >= 4 is 28.4 Å². The van der Waals surface area contributed by atoms with E-state index in [-0.39, 0.29) is 5.41 Å². The second-order valence-electron chi connectivity index (χ2n) is 7.10. The van der Waals surface area contributed by atoms with E-state index in [0.29, 0.717) is 0 Å². The molecule has 5 nitrogen and oxygen atoms in total. The summed E-state index contributed by atoms with van der Waals surface area (Å²) >= 11 is 1.52. The maximum Gasteiger partial charge on any atom is 0.235 e. The van der Waals surface area contributed by atoms with Gasteiger partial charge in [-0.1, -0.05) is 62.4 Å². The fraction of sp³-hybridized carbons (Fsp3) is 0.200. The molecule has 4 aromatic rings. The number of pyridine rings is 1. The van der Waals surface area contributed by atoms with E-state index in [2.05, 4.69) is 71.4 Å². The minimum atomic E-state index is 0.166. The Morgan fingerprint density at radius 3 is 2.35 bits per heavy atom.